The number of rotatable bonds is 4. The first-order valence-electron chi connectivity index (χ1n) is 4.52. The average molecular weight is 198 g/mol. The molecule has 0 radical (unpaired) electrons. The Labute approximate surface area is 82.7 Å². The van der Waals surface area contributed by atoms with Gasteiger partial charge < -0.3 is 16.2 Å². The van der Waals surface area contributed by atoms with Crippen LogP contribution >= 0.6 is 0 Å². The van der Waals surface area contributed by atoms with Crippen LogP contribution in [0, 0.1) is 5.82 Å². The van der Waals surface area contributed by atoms with Crippen LogP contribution in [0.3, 0.4) is 0 Å². The van der Waals surface area contributed by atoms with Crippen molar-refractivity contribution in [3.8, 4) is 0 Å². The van der Waals surface area contributed by atoms with Crippen molar-refractivity contribution >= 4 is 5.69 Å². The summed E-state index contributed by atoms with van der Waals surface area (Å²) in [5, 5.41) is 11.8. The smallest absolute Gasteiger partial charge is 0.125 e. The molecule has 1 atom stereocenters. The third-order valence-corrected chi connectivity index (χ3v) is 1.88. The molecule has 0 aromatic heterocycles. The Morgan fingerprint density at radius 2 is 2.21 bits per heavy atom. The van der Waals surface area contributed by atoms with E-state index in [0.29, 0.717) is 12.2 Å². The molecule has 4 heteroatoms. The van der Waals surface area contributed by atoms with Crippen molar-refractivity contribution in [2.24, 2.45) is 5.73 Å². The molecule has 3 nitrogen and oxygen atoms in total. The van der Waals surface area contributed by atoms with Crippen LogP contribution in [-0.2, 0) is 6.54 Å². The minimum atomic E-state index is -0.319. The molecule has 1 aromatic rings. The molecule has 1 unspecified atom stereocenters. The van der Waals surface area contributed by atoms with E-state index in [4.69, 9.17) is 10.8 Å². The van der Waals surface area contributed by atoms with Gasteiger partial charge in [-0.3, -0.25) is 0 Å². The standard InChI is InChI=1S/C10H15FN2O/c1-7(6-14)13-10-3-8(5-12)2-9(11)4-10/h2-4,7,13-14H,5-6,12H2,1H3. The van der Waals surface area contributed by atoms with Crippen molar-refractivity contribution in [1.29, 1.82) is 0 Å². The molecule has 0 aliphatic rings. The molecular weight excluding hydrogens is 183 g/mol. The Morgan fingerprint density at radius 1 is 1.50 bits per heavy atom. The van der Waals surface area contributed by atoms with Crippen LogP contribution in [0.2, 0.25) is 0 Å². The van der Waals surface area contributed by atoms with Gasteiger partial charge in [-0.2, -0.15) is 0 Å². The maximum Gasteiger partial charge on any atom is 0.125 e. The fourth-order valence-corrected chi connectivity index (χ4v) is 1.18. The molecule has 0 saturated heterocycles. The van der Waals surface area contributed by atoms with Crippen LogP contribution in [0.15, 0.2) is 18.2 Å². The Kier molecular flexibility index (Phi) is 3.85. The van der Waals surface area contributed by atoms with Gasteiger partial charge in [-0.1, -0.05) is 0 Å². The van der Waals surface area contributed by atoms with Gasteiger partial charge in [0.25, 0.3) is 0 Å². The highest BCUT2D eigenvalue weighted by Gasteiger charge is 2.02. The molecule has 0 aliphatic heterocycles. The van der Waals surface area contributed by atoms with Gasteiger partial charge in [0.15, 0.2) is 0 Å². The lowest BCUT2D eigenvalue weighted by Gasteiger charge is -2.13. The van der Waals surface area contributed by atoms with Crippen molar-refractivity contribution in [2.45, 2.75) is 19.5 Å². The van der Waals surface area contributed by atoms with Crippen LogP contribution in [-0.4, -0.2) is 17.8 Å². The molecule has 0 spiro atoms. The van der Waals surface area contributed by atoms with Crippen molar-refractivity contribution in [2.75, 3.05) is 11.9 Å². The number of benzene rings is 1. The predicted octanol–water partition coefficient (Wildman–Crippen LogP) is 1.08. The summed E-state index contributed by atoms with van der Waals surface area (Å²) >= 11 is 0. The highest BCUT2D eigenvalue weighted by atomic mass is 19.1. The van der Waals surface area contributed by atoms with Gasteiger partial charge in [0.1, 0.15) is 5.82 Å². The first-order chi connectivity index (χ1) is 6.65. The summed E-state index contributed by atoms with van der Waals surface area (Å²) in [6.07, 6.45) is 0. The molecule has 0 heterocycles. The molecule has 0 bridgehead atoms. The lowest BCUT2D eigenvalue weighted by molar-refractivity contribution is 0.281. The number of nitrogens with two attached hydrogens (primary N) is 1. The number of anilines is 1. The van der Waals surface area contributed by atoms with Gasteiger partial charge >= 0.3 is 0 Å². The number of halogens is 1. The van der Waals surface area contributed by atoms with E-state index >= 15 is 0 Å². The quantitative estimate of drug-likeness (QED) is 0.678. The summed E-state index contributed by atoms with van der Waals surface area (Å²) in [5.41, 5.74) is 6.79. The molecule has 14 heavy (non-hydrogen) atoms. The molecule has 4 N–H and O–H groups in total. The predicted molar refractivity (Wildman–Crippen MR) is 54.5 cm³/mol. The molecule has 0 saturated carbocycles. The van der Waals surface area contributed by atoms with Crippen molar-refractivity contribution < 1.29 is 9.50 Å². The van der Waals surface area contributed by atoms with E-state index in [0.717, 1.165) is 5.56 Å². The van der Waals surface area contributed by atoms with Gasteiger partial charge in [0.2, 0.25) is 0 Å². The Bertz CT molecular complexity index is 304. The van der Waals surface area contributed by atoms with E-state index in [2.05, 4.69) is 5.32 Å². The highest BCUT2D eigenvalue weighted by Crippen LogP contribution is 2.14. The number of nitrogens with one attached hydrogen (secondary N) is 1. The van der Waals surface area contributed by atoms with E-state index < -0.39 is 0 Å². The first kappa shape index (κ1) is 10.9. The van der Waals surface area contributed by atoms with E-state index in [1.54, 1.807) is 6.07 Å². The van der Waals surface area contributed by atoms with E-state index in [1.807, 2.05) is 6.92 Å². The second-order valence-corrected chi connectivity index (χ2v) is 3.28. The zero-order chi connectivity index (χ0) is 10.6. The molecule has 0 fully saturated rings. The minimum absolute atomic E-state index is 0.00840. The summed E-state index contributed by atoms with van der Waals surface area (Å²) in [7, 11) is 0. The number of hydrogen-bond donors (Lipinski definition) is 3. The fourth-order valence-electron chi connectivity index (χ4n) is 1.18. The second-order valence-electron chi connectivity index (χ2n) is 3.28. The van der Waals surface area contributed by atoms with Gasteiger partial charge in [-0.15, -0.1) is 0 Å². The third kappa shape index (κ3) is 2.97. The molecule has 0 amide bonds. The minimum Gasteiger partial charge on any atom is -0.394 e. The summed E-state index contributed by atoms with van der Waals surface area (Å²) in [6, 6.07) is 4.46. The third-order valence-electron chi connectivity index (χ3n) is 1.88. The molecule has 78 valence electrons. The van der Waals surface area contributed by atoms with Crippen LogP contribution in [0.25, 0.3) is 0 Å². The molecule has 1 rings (SSSR count). The average Bonchev–Trinajstić information content (AvgIpc) is 2.16. The summed E-state index contributed by atoms with van der Waals surface area (Å²) < 4.78 is 13.0. The van der Waals surface area contributed by atoms with E-state index in [1.165, 1.54) is 12.1 Å². The zero-order valence-electron chi connectivity index (χ0n) is 8.13. The summed E-state index contributed by atoms with van der Waals surface area (Å²) in [6.45, 7) is 2.13. The Balaban J connectivity index is 2.81. The van der Waals surface area contributed by atoms with Gasteiger partial charge in [0, 0.05) is 18.3 Å². The maximum atomic E-state index is 13.0. The molecule has 0 aliphatic carbocycles. The van der Waals surface area contributed by atoms with Crippen molar-refractivity contribution in [3.63, 3.8) is 0 Å². The summed E-state index contributed by atoms with van der Waals surface area (Å²) in [5.74, 6) is -0.319. The molecule has 1 aromatic carbocycles. The lowest BCUT2D eigenvalue weighted by Crippen LogP contribution is -2.19. The van der Waals surface area contributed by atoms with Crippen LogP contribution in [0.5, 0.6) is 0 Å². The topological polar surface area (TPSA) is 58.3 Å². The van der Waals surface area contributed by atoms with E-state index in [9.17, 15) is 4.39 Å². The summed E-state index contributed by atoms with van der Waals surface area (Å²) in [4.78, 5) is 0. The van der Waals surface area contributed by atoms with Crippen molar-refractivity contribution in [1.82, 2.24) is 0 Å². The lowest BCUT2D eigenvalue weighted by atomic mass is 10.2. The Morgan fingerprint density at radius 3 is 2.79 bits per heavy atom. The van der Waals surface area contributed by atoms with Gasteiger partial charge in [-0.05, 0) is 30.7 Å². The van der Waals surface area contributed by atoms with Crippen LogP contribution in [0.1, 0.15) is 12.5 Å². The van der Waals surface area contributed by atoms with E-state index in [-0.39, 0.29) is 18.5 Å². The first-order valence-corrected chi connectivity index (χ1v) is 4.52. The normalized spacial score (nSPS) is 12.6. The second kappa shape index (κ2) is 4.93. The van der Waals surface area contributed by atoms with Gasteiger partial charge in [-0.25, -0.2) is 4.39 Å². The highest BCUT2D eigenvalue weighted by molar-refractivity contribution is 5.47. The Hall–Kier alpha value is -1.13. The number of hydrogen-bond acceptors (Lipinski definition) is 3. The van der Waals surface area contributed by atoms with Gasteiger partial charge in [0.05, 0.1) is 6.61 Å². The monoisotopic (exact) mass is 198 g/mol. The SMILES string of the molecule is CC(CO)Nc1cc(F)cc(CN)c1. The van der Waals surface area contributed by atoms with Crippen LogP contribution < -0.4 is 11.1 Å². The van der Waals surface area contributed by atoms with Crippen LogP contribution in [0.4, 0.5) is 10.1 Å². The number of aliphatic hydroxyl groups excluding tert-OH is 1. The fraction of sp³-hybridized carbons (Fsp3) is 0.400. The zero-order valence-corrected chi connectivity index (χ0v) is 8.13. The maximum absolute atomic E-state index is 13.0. The largest absolute Gasteiger partial charge is 0.394 e. The molecular formula is C10H15FN2O. The number of aliphatic hydroxyl groups is 1. The van der Waals surface area contributed by atoms with Crippen molar-refractivity contribution in [3.05, 3.63) is 29.6 Å².